The second kappa shape index (κ2) is 4.76. The van der Waals surface area contributed by atoms with E-state index in [0.717, 1.165) is 5.56 Å². The third-order valence-electron chi connectivity index (χ3n) is 2.10. The van der Waals surface area contributed by atoms with Gasteiger partial charge in [0.25, 0.3) is 0 Å². The Hall–Kier alpha value is -1.19. The Morgan fingerprint density at radius 3 is 2.81 bits per heavy atom. The standard InChI is InChI=1S/C11H9Cl2NO2/c1-15-9-3-2-7(4-8(9)13)10-6-14-11(5-12)16-10/h2-4,6H,5H2,1H3. The predicted molar refractivity (Wildman–Crippen MR) is 63.1 cm³/mol. The van der Waals surface area contributed by atoms with Crippen LogP contribution in [0.1, 0.15) is 5.89 Å². The fourth-order valence-corrected chi connectivity index (χ4v) is 1.71. The molecule has 0 bridgehead atoms. The first-order valence-corrected chi connectivity index (χ1v) is 5.50. The molecular weight excluding hydrogens is 249 g/mol. The molecule has 16 heavy (non-hydrogen) atoms. The van der Waals surface area contributed by atoms with Crippen LogP contribution in [-0.4, -0.2) is 12.1 Å². The molecule has 0 atom stereocenters. The Balaban J connectivity index is 2.37. The molecule has 0 aliphatic carbocycles. The quantitative estimate of drug-likeness (QED) is 0.786. The summed E-state index contributed by atoms with van der Waals surface area (Å²) in [5.41, 5.74) is 0.842. The molecule has 0 spiro atoms. The van der Waals surface area contributed by atoms with Gasteiger partial charge in [-0.3, -0.25) is 0 Å². The lowest BCUT2D eigenvalue weighted by molar-refractivity contribution is 0.415. The normalized spacial score (nSPS) is 10.4. The van der Waals surface area contributed by atoms with E-state index in [1.54, 1.807) is 25.4 Å². The largest absolute Gasteiger partial charge is 0.495 e. The first-order valence-electron chi connectivity index (χ1n) is 4.59. The number of alkyl halides is 1. The fourth-order valence-electron chi connectivity index (χ4n) is 1.33. The Bertz CT molecular complexity index is 496. The molecule has 5 heteroatoms. The molecule has 0 fully saturated rings. The van der Waals surface area contributed by atoms with Crippen LogP contribution in [0.2, 0.25) is 5.02 Å². The monoisotopic (exact) mass is 257 g/mol. The van der Waals surface area contributed by atoms with Gasteiger partial charge in [-0.25, -0.2) is 4.98 Å². The second-order valence-corrected chi connectivity index (χ2v) is 3.78. The van der Waals surface area contributed by atoms with Crippen LogP contribution in [0.25, 0.3) is 11.3 Å². The summed E-state index contributed by atoms with van der Waals surface area (Å²) in [5, 5.41) is 0.531. The minimum absolute atomic E-state index is 0.254. The number of rotatable bonds is 3. The second-order valence-electron chi connectivity index (χ2n) is 3.10. The van der Waals surface area contributed by atoms with E-state index < -0.39 is 0 Å². The van der Waals surface area contributed by atoms with Gasteiger partial charge in [-0.05, 0) is 18.2 Å². The minimum Gasteiger partial charge on any atom is -0.495 e. The summed E-state index contributed by atoms with van der Waals surface area (Å²) < 4.78 is 10.5. The molecule has 0 saturated carbocycles. The van der Waals surface area contributed by atoms with E-state index >= 15 is 0 Å². The van der Waals surface area contributed by atoms with Gasteiger partial charge < -0.3 is 9.15 Å². The van der Waals surface area contributed by atoms with Crippen molar-refractivity contribution in [3.63, 3.8) is 0 Å². The molecule has 0 unspecified atom stereocenters. The van der Waals surface area contributed by atoms with E-state index in [1.165, 1.54) is 0 Å². The van der Waals surface area contributed by atoms with Gasteiger partial charge in [0, 0.05) is 5.56 Å². The van der Waals surface area contributed by atoms with Gasteiger partial charge in [0.05, 0.1) is 24.2 Å². The predicted octanol–water partition coefficient (Wildman–Crippen LogP) is 3.74. The van der Waals surface area contributed by atoms with E-state index in [9.17, 15) is 0 Å². The van der Waals surface area contributed by atoms with E-state index in [-0.39, 0.29) is 5.88 Å². The van der Waals surface area contributed by atoms with E-state index in [2.05, 4.69) is 4.98 Å². The first-order chi connectivity index (χ1) is 7.74. The van der Waals surface area contributed by atoms with Crippen molar-refractivity contribution < 1.29 is 9.15 Å². The number of hydrogen-bond acceptors (Lipinski definition) is 3. The summed E-state index contributed by atoms with van der Waals surface area (Å²) in [4.78, 5) is 4.01. The maximum absolute atomic E-state index is 6.01. The molecule has 1 heterocycles. The lowest BCUT2D eigenvalue weighted by Gasteiger charge is -2.03. The highest BCUT2D eigenvalue weighted by Crippen LogP contribution is 2.30. The Morgan fingerprint density at radius 2 is 2.25 bits per heavy atom. The highest BCUT2D eigenvalue weighted by atomic mass is 35.5. The van der Waals surface area contributed by atoms with Gasteiger partial charge >= 0.3 is 0 Å². The van der Waals surface area contributed by atoms with Gasteiger partial charge in [-0.15, -0.1) is 11.6 Å². The minimum atomic E-state index is 0.254. The fraction of sp³-hybridized carbons (Fsp3) is 0.182. The SMILES string of the molecule is COc1ccc(-c2cnc(CCl)o2)cc1Cl. The molecule has 0 saturated heterocycles. The zero-order chi connectivity index (χ0) is 11.5. The van der Waals surface area contributed by atoms with E-state index in [0.29, 0.717) is 22.4 Å². The molecule has 1 aromatic carbocycles. The molecule has 0 aliphatic heterocycles. The zero-order valence-corrected chi connectivity index (χ0v) is 10.0. The summed E-state index contributed by atoms with van der Waals surface area (Å²) in [7, 11) is 1.57. The van der Waals surface area contributed by atoms with Crippen LogP contribution in [0.4, 0.5) is 0 Å². The maximum Gasteiger partial charge on any atom is 0.209 e. The number of nitrogens with zero attached hydrogens (tertiary/aromatic N) is 1. The van der Waals surface area contributed by atoms with Crippen LogP contribution in [0.3, 0.4) is 0 Å². The van der Waals surface area contributed by atoms with Gasteiger partial charge in [0.15, 0.2) is 5.76 Å². The number of methoxy groups -OCH3 is 1. The van der Waals surface area contributed by atoms with Crippen molar-refractivity contribution >= 4 is 23.2 Å². The van der Waals surface area contributed by atoms with Crippen molar-refractivity contribution in [3.8, 4) is 17.1 Å². The van der Waals surface area contributed by atoms with Gasteiger partial charge in [0.2, 0.25) is 5.89 Å². The summed E-state index contributed by atoms with van der Waals surface area (Å²) >= 11 is 11.6. The van der Waals surface area contributed by atoms with Crippen molar-refractivity contribution in [1.82, 2.24) is 4.98 Å². The molecular formula is C11H9Cl2NO2. The summed E-state index contributed by atoms with van der Waals surface area (Å²) in [6.45, 7) is 0. The average molecular weight is 258 g/mol. The van der Waals surface area contributed by atoms with Gasteiger partial charge in [-0.2, -0.15) is 0 Å². The topological polar surface area (TPSA) is 35.3 Å². The molecule has 0 radical (unpaired) electrons. The van der Waals surface area contributed by atoms with Gasteiger partial charge in [0.1, 0.15) is 5.75 Å². The van der Waals surface area contributed by atoms with E-state index in [4.69, 9.17) is 32.4 Å². The average Bonchev–Trinajstić information content (AvgIpc) is 2.77. The Morgan fingerprint density at radius 1 is 1.44 bits per heavy atom. The number of aromatic nitrogens is 1. The third kappa shape index (κ3) is 2.15. The Kier molecular flexibility index (Phi) is 3.36. The third-order valence-corrected chi connectivity index (χ3v) is 2.63. The maximum atomic E-state index is 6.01. The molecule has 84 valence electrons. The summed E-state index contributed by atoms with van der Waals surface area (Å²) in [6, 6.07) is 5.39. The van der Waals surface area contributed by atoms with Crippen molar-refractivity contribution in [2.24, 2.45) is 0 Å². The van der Waals surface area contributed by atoms with Crippen LogP contribution in [-0.2, 0) is 5.88 Å². The van der Waals surface area contributed by atoms with Crippen molar-refractivity contribution in [2.75, 3.05) is 7.11 Å². The Labute approximate surface area is 103 Å². The highest BCUT2D eigenvalue weighted by Gasteiger charge is 2.08. The van der Waals surface area contributed by atoms with Gasteiger partial charge in [-0.1, -0.05) is 11.6 Å². The van der Waals surface area contributed by atoms with Crippen LogP contribution in [0.15, 0.2) is 28.8 Å². The molecule has 2 aromatic rings. The zero-order valence-electron chi connectivity index (χ0n) is 8.54. The molecule has 0 aliphatic rings. The van der Waals surface area contributed by atoms with Crippen molar-refractivity contribution in [2.45, 2.75) is 5.88 Å². The van der Waals surface area contributed by atoms with Crippen LogP contribution in [0, 0.1) is 0 Å². The lowest BCUT2D eigenvalue weighted by Crippen LogP contribution is -1.84. The molecule has 3 nitrogen and oxygen atoms in total. The molecule has 1 aromatic heterocycles. The number of hydrogen-bond donors (Lipinski definition) is 0. The van der Waals surface area contributed by atoms with E-state index in [1.807, 2.05) is 6.07 Å². The van der Waals surface area contributed by atoms with Crippen molar-refractivity contribution in [3.05, 3.63) is 35.3 Å². The van der Waals surface area contributed by atoms with Crippen LogP contribution >= 0.6 is 23.2 Å². The highest BCUT2D eigenvalue weighted by molar-refractivity contribution is 6.32. The summed E-state index contributed by atoms with van der Waals surface area (Å²) in [5.74, 6) is 2.01. The van der Waals surface area contributed by atoms with Crippen LogP contribution in [0.5, 0.6) is 5.75 Å². The smallest absolute Gasteiger partial charge is 0.209 e. The molecule has 2 rings (SSSR count). The number of halogens is 2. The molecule has 0 N–H and O–H groups in total. The molecule has 0 amide bonds. The number of oxazole rings is 1. The number of benzene rings is 1. The van der Waals surface area contributed by atoms with Crippen molar-refractivity contribution in [1.29, 1.82) is 0 Å². The first kappa shape index (κ1) is 11.3. The lowest BCUT2D eigenvalue weighted by atomic mass is 10.2. The summed E-state index contributed by atoms with van der Waals surface area (Å²) in [6.07, 6.45) is 1.62. The van der Waals surface area contributed by atoms with Crippen LogP contribution < -0.4 is 4.74 Å². The number of ether oxygens (including phenoxy) is 1.